The average Bonchev–Trinajstić information content (AvgIpc) is 2.69. The summed E-state index contributed by atoms with van der Waals surface area (Å²) in [6, 6.07) is 8.37. The number of aliphatic imine (C=N–C) groups is 1. The zero-order valence-electron chi connectivity index (χ0n) is 8.94. The van der Waals surface area contributed by atoms with Crippen molar-refractivity contribution in [2.24, 2.45) is 10.7 Å². The standard InChI is InChI=1S/C12H16N2O/c1-9-4-2-3-5-10(9)6-11-8-14-12(7-13)15-11/h2-5,11H,6-8,13H2,1H3. The number of benzene rings is 1. The molecule has 2 N–H and O–H groups in total. The van der Waals surface area contributed by atoms with Gasteiger partial charge in [0.2, 0.25) is 0 Å². The van der Waals surface area contributed by atoms with Crippen LogP contribution in [-0.2, 0) is 11.2 Å². The van der Waals surface area contributed by atoms with Crippen LogP contribution in [0.2, 0.25) is 0 Å². The minimum absolute atomic E-state index is 0.171. The Balaban J connectivity index is 1.97. The maximum absolute atomic E-state index is 5.59. The monoisotopic (exact) mass is 204 g/mol. The van der Waals surface area contributed by atoms with Crippen molar-refractivity contribution in [1.82, 2.24) is 0 Å². The summed E-state index contributed by atoms with van der Waals surface area (Å²) in [5.74, 6) is 0.689. The Morgan fingerprint density at radius 2 is 2.27 bits per heavy atom. The lowest BCUT2D eigenvalue weighted by Gasteiger charge is -2.12. The van der Waals surface area contributed by atoms with Crippen molar-refractivity contribution >= 4 is 5.90 Å². The van der Waals surface area contributed by atoms with Gasteiger partial charge < -0.3 is 10.5 Å². The summed E-state index contributed by atoms with van der Waals surface area (Å²) >= 11 is 0. The molecule has 0 amide bonds. The molecule has 1 aromatic carbocycles. The molecule has 1 atom stereocenters. The van der Waals surface area contributed by atoms with Gasteiger partial charge >= 0.3 is 0 Å². The van der Waals surface area contributed by atoms with Crippen molar-refractivity contribution in [3.05, 3.63) is 35.4 Å². The highest BCUT2D eigenvalue weighted by atomic mass is 16.5. The highest BCUT2D eigenvalue weighted by molar-refractivity contribution is 5.79. The second-order valence-corrected chi connectivity index (χ2v) is 3.81. The van der Waals surface area contributed by atoms with Crippen LogP contribution in [0.3, 0.4) is 0 Å². The summed E-state index contributed by atoms with van der Waals surface area (Å²) in [6.45, 7) is 3.26. The van der Waals surface area contributed by atoms with Crippen LogP contribution < -0.4 is 5.73 Å². The third-order valence-electron chi connectivity index (χ3n) is 2.66. The number of hydrogen-bond donors (Lipinski definition) is 1. The number of aryl methyl sites for hydroxylation is 1. The lowest BCUT2D eigenvalue weighted by atomic mass is 10.0. The van der Waals surface area contributed by atoms with Crippen molar-refractivity contribution < 1.29 is 4.74 Å². The van der Waals surface area contributed by atoms with Crippen LogP contribution in [0.4, 0.5) is 0 Å². The van der Waals surface area contributed by atoms with E-state index in [9.17, 15) is 0 Å². The Labute approximate surface area is 90.0 Å². The predicted octanol–water partition coefficient (Wildman–Crippen LogP) is 1.29. The van der Waals surface area contributed by atoms with Crippen molar-refractivity contribution in [3.8, 4) is 0 Å². The van der Waals surface area contributed by atoms with Gasteiger partial charge in [-0.05, 0) is 18.1 Å². The van der Waals surface area contributed by atoms with Crippen molar-refractivity contribution in [1.29, 1.82) is 0 Å². The Hall–Kier alpha value is -1.35. The Morgan fingerprint density at radius 3 is 2.93 bits per heavy atom. The highest BCUT2D eigenvalue weighted by Crippen LogP contribution is 2.14. The maximum Gasteiger partial charge on any atom is 0.197 e. The van der Waals surface area contributed by atoms with E-state index in [-0.39, 0.29) is 6.10 Å². The van der Waals surface area contributed by atoms with Crippen LogP contribution in [0.25, 0.3) is 0 Å². The molecule has 3 nitrogen and oxygen atoms in total. The van der Waals surface area contributed by atoms with E-state index in [1.165, 1.54) is 11.1 Å². The van der Waals surface area contributed by atoms with Gasteiger partial charge in [-0.3, -0.25) is 4.99 Å². The molecule has 0 aliphatic carbocycles. The van der Waals surface area contributed by atoms with Crippen molar-refractivity contribution in [3.63, 3.8) is 0 Å². The third kappa shape index (κ3) is 2.36. The number of nitrogens with zero attached hydrogens (tertiary/aromatic N) is 1. The van der Waals surface area contributed by atoms with Gasteiger partial charge in [0.1, 0.15) is 6.10 Å². The minimum atomic E-state index is 0.171. The molecular weight excluding hydrogens is 188 g/mol. The Bertz CT molecular complexity index is 374. The average molecular weight is 204 g/mol. The molecule has 0 saturated carbocycles. The molecule has 0 fully saturated rings. The molecule has 1 heterocycles. The lowest BCUT2D eigenvalue weighted by Crippen LogP contribution is -2.20. The lowest BCUT2D eigenvalue weighted by molar-refractivity contribution is 0.221. The van der Waals surface area contributed by atoms with Crippen LogP contribution in [0, 0.1) is 6.92 Å². The van der Waals surface area contributed by atoms with E-state index < -0.39 is 0 Å². The van der Waals surface area contributed by atoms with Gasteiger partial charge in [0.15, 0.2) is 5.90 Å². The predicted molar refractivity (Wildman–Crippen MR) is 61.1 cm³/mol. The first-order chi connectivity index (χ1) is 7.29. The molecule has 0 spiro atoms. The van der Waals surface area contributed by atoms with Gasteiger partial charge in [-0.2, -0.15) is 0 Å². The second-order valence-electron chi connectivity index (χ2n) is 3.81. The zero-order chi connectivity index (χ0) is 10.7. The molecule has 3 heteroatoms. The van der Waals surface area contributed by atoms with E-state index in [2.05, 4.69) is 36.2 Å². The van der Waals surface area contributed by atoms with E-state index in [1.807, 2.05) is 0 Å². The number of ether oxygens (including phenoxy) is 1. The highest BCUT2D eigenvalue weighted by Gasteiger charge is 2.19. The molecule has 0 aromatic heterocycles. The largest absolute Gasteiger partial charge is 0.474 e. The first kappa shape index (κ1) is 10.2. The Kier molecular flexibility index (Phi) is 3.02. The molecule has 0 radical (unpaired) electrons. The molecular formula is C12H16N2O. The number of rotatable bonds is 3. The normalized spacial score (nSPS) is 19.9. The summed E-state index contributed by atoms with van der Waals surface area (Å²) in [5.41, 5.74) is 8.10. The molecule has 0 bridgehead atoms. The Morgan fingerprint density at radius 1 is 1.47 bits per heavy atom. The smallest absolute Gasteiger partial charge is 0.197 e. The van der Waals surface area contributed by atoms with E-state index >= 15 is 0 Å². The second kappa shape index (κ2) is 4.45. The number of hydrogen-bond acceptors (Lipinski definition) is 3. The summed E-state index contributed by atoms with van der Waals surface area (Å²) < 4.78 is 5.59. The van der Waals surface area contributed by atoms with Gasteiger partial charge in [-0.25, -0.2) is 0 Å². The molecule has 1 aliphatic heterocycles. The fourth-order valence-electron chi connectivity index (χ4n) is 1.77. The molecule has 15 heavy (non-hydrogen) atoms. The molecule has 1 unspecified atom stereocenters. The summed E-state index contributed by atoms with van der Waals surface area (Å²) in [5, 5.41) is 0. The van der Waals surface area contributed by atoms with Gasteiger partial charge in [0, 0.05) is 6.42 Å². The maximum atomic E-state index is 5.59. The van der Waals surface area contributed by atoms with Crippen LogP contribution >= 0.6 is 0 Å². The molecule has 1 aromatic rings. The molecule has 1 aliphatic rings. The SMILES string of the molecule is Cc1ccccc1CC1CN=C(CN)O1. The van der Waals surface area contributed by atoms with Gasteiger partial charge in [-0.1, -0.05) is 24.3 Å². The third-order valence-corrected chi connectivity index (χ3v) is 2.66. The van der Waals surface area contributed by atoms with Gasteiger partial charge in [0.05, 0.1) is 13.1 Å². The number of nitrogens with two attached hydrogens (primary N) is 1. The van der Waals surface area contributed by atoms with E-state index in [1.54, 1.807) is 0 Å². The fourth-order valence-corrected chi connectivity index (χ4v) is 1.77. The first-order valence-corrected chi connectivity index (χ1v) is 5.24. The molecule has 2 rings (SSSR count). The van der Waals surface area contributed by atoms with Crippen LogP contribution in [0.5, 0.6) is 0 Å². The van der Waals surface area contributed by atoms with Crippen LogP contribution in [-0.4, -0.2) is 25.1 Å². The van der Waals surface area contributed by atoms with Crippen molar-refractivity contribution in [2.45, 2.75) is 19.4 Å². The summed E-state index contributed by atoms with van der Waals surface area (Å²) in [4.78, 5) is 4.23. The van der Waals surface area contributed by atoms with Gasteiger partial charge in [0.25, 0.3) is 0 Å². The van der Waals surface area contributed by atoms with Gasteiger partial charge in [-0.15, -0.1) is 0 Å². The molecule has 0 saturated heterocycles. The van der Waals surface area contributed by atoms with Crippen molar-refractivity contribution in [2.75, 3.05) is 13.1 Å². The van der Waals surface area contributed by atoms with Crippen LogP contribution in [0.15, 0.2) is 29.3 Å². The molecule has 80 valence electrons. The van der Waals surface area contributed by atoms with E-state index in [0.717, 1.165) is 13.0 Å². The summed E-state index contributed by atoms with van der Waals surface area (Å²) in [7, 11) is 0. The first-order valence-electron chi connectivity index (χ1n) is 5.24. The topological polar surface area (TPSA) is 47.6 Å². The van der Waals surface area contributed by atoms with Crippen LogP contribution in [0.1, 0.15) is 11.1 Å². The fraction of sp³-hybridized carbons (Fsp3) is 0.417. The minimum Gasteiger partial charge on any atom is -0.474 e. The zero-order valence-corrected chi connectivity index (χ0v) is 8.94. The van der Waals surface area contributed by atoms with E-state index in [0.29, 0.717) is 12.4 Å². The quantitative estimate of drug-likeness (QED) is 0.806. The van der Waals surface area contributed by atoms with E-state index in [4.69, 9.17) is 10.5 Å². The summed E-state index contributed by atoms with van der Waals surface area (Å²) in [6.07, 6.45) is 1.09.